The van der Waals surface area contributed by atoms with Gasteiger partial charge in [0.1, 0.15) is 5.82 Å². The molecule has 0 fully saturated rings. The lowest BCUT2D eigenvalue weighted by atomic mass is 10.2. The van der Waals surface area contributed by atoms with Crippen LogP contribution < -0.4 is 0 Å². The second kappa shape index (κ2) is 4.92. The van der Waals surface area contributed by atoms with Crippen LogP contribution in [0, 0.1) is 5.82 Å². The second-order valence-corrected chi connectivity index (χ2v) is 5.02. The van der Waals surface area contributed by atoms with Crippen molar-refractivity contribution in [1.82, 2.24) is 9.36 Å². The molecule has 0 amide bonds. The molecule has 0 atom stereocenters. The third-order valence-corrected chi connectivity index (χ3v) is 3.47. The first-order chi connectivity index (χ1) is 7.24. The van der Waals surface area contributed by atoms with Crippen LogP contribution in [0.4, 0.5) is 4.39 Å². The molecule has 1 aromatic heterocycles. The average molecular weight is 261 g/mol. The monoisotopic (exact) mass is 260 g/mol. The molecule has 78 valence electrons. The Morgan fingerprint density at radius 2 is 2.33 bits per heavy atom. The van der Waals surface area contributed by atoms with Crippen LogP contribution >= 0.6 is 34.9 Å². The third-order valence-electron chi connectivity index (χ3n) is 1.64. The number of nitrogens with zero attached hydrogens (tertiary/aromatic N) is 2. The number of thioether (sulfide) groups is 1. The minimum atomic E-state index is -0.225. The van der Waals surface area contributed by atoms with Gasteiger partial charge in [-0.15, -0.1) is 0 Å². The largest absolute Gasteiger partial charge is 0.207 e. The van der Waals surface area contributed by atoms with Gasteiger partial charge < -0.3 is 0 Å². The van der Waals surface area contributed by atoms with Crippen molar-refractivity contribution in [3.63, 3.8) is 0 Å². The minimum absolute atomic E-state index is 0.225. The molecular weight excluding hydrogens is 255 g/mol. The molecule has 1 aromatic carbocycles. The highest BCUT2D eigenvalue weighted by Gasteiger charge is 2.03. The zero-order valence-electron chi connectivity index (χ0n) is 7.48. The molecule has 0 radical (unpaired) electrons. The van der Waals surface area contributed by atoms with Gasteiger partial charge in [0.2, 0.25) is 9.62 Å². The van der Waals surface area contributed by atoms with Crippen molar-refractivity contribution in [2.24, 2.45) is 0 Å². The van der Waals surface area contributed by atoms with E-state index in [9.17, 15) is 4.39 Å². The van der Waals surface area contributed by atoms with Gasteiger partial charge in [0.15, 0.2) is 0 Å². The molecule has 0 aliphatic heterocycles. The molecule has 0 saturated carbocycles. The maximum Gasteiger partial charge on any atom is 0.204 e. The van der Waals surface area contributed by atoms with Crippen LogP contribution in [0.1, 0.15) is 5.56 Å². The van der Waals surface area contributed by atoms with Gasteiger partial charge in [0, 0.05) is 5.75 Å². The number of hydrogen-bond donors (Lipinski definition) is 0. The van der Waals surface area contributed by atoms with Crippen molar-refractivity contribution in [3.8, 4) is 0 Å². The van der Waals surface area contributed by atoms with E-state index in [1.165, 1.54) is 23.9 Å². The zero-order chi connectivity index (χ0) is 10.7. The third kappa shape index (κ3) is 3.15. The first kappa shape index (κ1) is 10.9. The second-order valence-electron chi connectivity index (χ2n) is 2.75. The molecule has 0 bridgehead atoms. The van der Waals surface area contributed by atoms with Gasteiger partial charge in [0.25, 0.3) is 0 Å². The van der Waals surface area contributed by atoms with Gasteiger partial charge in [-0.3, -0.25) is 0 Å². The first-order valence-electron chi connectivity index (χ1n) is 4.10. The summed E-state index contributed by atoms with van der Waals surface area (Å²) in [6, 6.07) is 6.48. The number of halogens is 2. The smallest absolute Gasteiger partial charge is 0.204 e. The Bertz CT molecular complexity index is 461. The summed E-state index contributed by atoms with van der Waals surface area (Å²) in [5, 5.41) is 0.634. The fraction of sp³-hybridized carbons (Fsp3) is 0.111. The maximum absolute atomic E-state index is 12.8. The van der Waals surface area contributed by atoms with Crippen LogP contribution in [-0.2, 0) is 5.75 Å². The molecule has 0 spiro atoms. The Morgan fingerprint density at radius 1 is 1.47 bits per heavy atom. The van der Waals surface area contributed by atoms with Crippen LogP contribution in [-0.4, -0.2) is 9.36 Å². The Morgan fingerprint density at radius 3 is 3.00 bits per heavy atom. The van der Waals surface area contributed by atoms with Crippen molar-refractivity contribution in [1.29, 1.82) is 0 Å². The van der Waals surface area contributed by atoms with Gasteiger partial charge >= 0.3 is 0 Å². The highest BCUT2D eigenvalue weighted by molar-refractivity contribution is 7.98. The predicted molar refractivity (Wildman–Crippen MR) is 60.9 cm³/mol. The van der Waals surface area contributed by atoms with E-state index < -0.39 is 0 Å². The summed E-state index contributed by atoms with van der Waals surface area (Å²) >= 11 is 8.23. The van der Waals surface area contributed by atoms with Crippen LogP contribution in [0.5, 0.6) is 0 Å². The molecule has 0 N–H and O–H groups in total. The van der Waals surface area contributed by atoms with Crippen molar-refractivity contribution >= 4 is 34.9 Å². The number of benzene rings is 1. The fourth-order valence-corrected chi connectivity index (χ4v) is 2.59. The van der Waals surface area contributed by atoms with E-state index in [0.717, 1.165) is 17.1 Å². The normalized spacial score (nSPS) is 10.5. The number of hydrogen-bond acceptors (Lipinski definition) is 4. The summed E-state index contributed by atoms with van der Waals surface area (Å²) in [6.45, 7) is 0. The predicted octanol–water partition coefficient (Wildman–Crippen LogP) is 3.62. The number of rotatable bonds is 3. The van der Waals surface area contributed by atoms with E-state index in [1.54, 1.807) is 6.07 Å². The fourth-order valence-electron chi connectivity index (χ4n) is 1.03. The SMILES string of the molecule is Fc1cccc(CSc2nsc(Cl)n2)c1. The molecule has 6 heteroatoms. The standard InChI is InChI=1S/C9H6ClFN2S2/c10-8-12-9(13-15-8)14-5-6-2-1-3-7(11)4-6/h1-4H,5H2. The van der Waals surface area contributed by atoms with Crippen molar-refractivity contribution in [2.75, 3.05) is 0 Å². The van der Waals surface area contributed by atoms with E-state index in [4.69, 9.17) is 11.6 Å². The molecule has 15 heavy (non-hydrogen) atoms. The highest BCUT2D eigenvalue weighted by atomic mass is 35.5. The van der Waals surface area contributed by atoms with Gasteiger partial charge in [0.05, 0.1) is 0 Å². The van der Waals surface area contributed by atoms with Crippen molar-refractivity contribution in [3.05, 3.63) is 40.1 Å². The highest BCUT2D eigenvalue weighted by Crippen LogP contribution is 2.23. The van der Waals surface area contributed by atoms with Crippen LogP contribution in [0.3, 0.4) is 0 Å². The average Bonchev–Trinajstić information content (AvgIpc) is 2.62. The summed E-state index contributed by atoms with van der Waals surface area (Å²) in [5.41, 5.74) is 0.908. The van der Waals surface area contributed by atoms with Crippen LogP contribution in [0.25, 0.3) is 0 Å². The lowest BCUT2D eigenvalue weighted by molar-refractivity contribution is 0.626. The maximum atomic E-state index is 12.8. The lowest BCUT2D eigenvalue weighted by Crippen LogP contribution is -1.83. The van der Waals surface area contributed by atoms with Gasteiger partial charge in [-0.05, 0) is 40.8 Å². The van der Waals surface area contributed by atoms with Crippen LogP contribution in [0.2, 0.25) is 4.47 Å². The summed E-state index contributed by atoms with van der Waals surface area (Å²) in [7, 11) is 0. The summed E-state index contributed by atoms with van der Waals surface area (Å²) < 4.78 is 17.3. The molecule has 0 aliphatic carbocycles. The first-order valence-corrected chi connectivity index (χ1v) is 6.24. The lowest BCUT2D eigenvalue weighted by Gasteiger charge is -1.97. The summed E-state index contributed by atoms with van der Waals surface area (Å²) in [4.78, 5) is 3.99. The summed E-state index contributed by atoms with van der Waals surface area (Å²) in [6.07, 6.45) is 0. The Balaban J connectivity index is 1.99. The van der Waals surface area contributed by atoms with E-state index in [2.05, 4.69) is 9.36 Å². The van der Waals surface area contributed by atoms with E-state index >= 15 is 0 Å². The molecule has 1 heterocycles. The van der Waals surface area contributed by atoms with E-state index in [1.807, 2.05) is 6.07 Å². The quantitative estimate of drug-likeness (QED) is 0.789. The van der Waals surface area contributed by atoms with Gasteiger partial charge in [-0.1, -0.05) is 23.9 Å². The van der Waals surface area contributed by atoms with Gasteiger partial charge in [-0.2, -0.15) is 9.36 Å². The Labute approximate surface area is 99.7 Å². The van der Waals surface area contributed by atoms with Gasteiger partial charge in [-0.25, -0.2) is 4.39 Å². The molecule has 0 saturated heterocycles. The van der Waals surface area contributed by atoms with Crippen LogP contribution in [0.15, 0.2) is 29.4 Å². The van der Waals surface area contributed by atoms with Crippen molar-refractivity contribution < 1.29 is 4.39 Å². The molecule has 2 aromatic rings. The molecule has 2 nitrogen and oxygen atoms in total. The molecule has 0 aliphatic rings. The Hall–Kier alpha value is -0.650. The van der Waals surface area contributed by atoms with E-state index in [-0.39, 0.29) is 5.82 Å². The summed E-state index contributed by atoms with van der Waals surface area (Å²) in [5.74, 6) is 0.419. The topological polar surface area (TPSA) is 25.8 Å². The number of aromatic nitrogens is 2. The molecule has 2 rings (SSSR count). The van der Waals surface area contributed by atoms with Crippen molar-refractivity contribution in [2.45, 2.75) is 10.9 Å². The Kier molecular flexibility index (Phi) is 3.56. The zero-order valence-corrected chi connectivity index (χ0v) is 9.87. The molecule has 0 unspecified atom stereocenters. The molecular formula is C9H6ClFN2S2. The van der Waals surface area contributed by atoms with E-state index in [0.29, 0.717) is 15.4 Å². The minimum Gasteiger partial charge on any atom is -0.207 e.